The van der Waals surface area contributed by atoms with Gasteiger partial charge >= 0.3 is 0 Å². The first-order valence-corrected chi connectivity index (χ1v) is 13.9. The number of morpholine rings is 1. The number of hydrogen-bond donors (Lipinski definition) is 2. The van der Waals surface area contributed by atoms with E-state index in [1.165, 1.54) is 5.57 Å². The number of carbonyl (C=O) groups excluding carboxylic acids is 2. The summed E-state index contributed by atoms with van der Waals surface area (Å²) in [6.07, 6.45) is 5.35. The molecule has 4 aliphatic heterocycles. The molecule has 0 unspecified atom stereocenters. The van der Waals surface area contributed by atoms with Crippen molar-refractivity contribution >= 4 is 11.7 Å². The minimum absolute atomic E-state index is 0.0329. The van der Waals surface area contributed by atoms with E-state index >= 15 is 0 Å². The Morgan fingerprint density at radius 3 is 2.59 bits per heavy atom. The van der Waals surface area contributed by atoms with E-state index in [1.807, 2.05) is 30.3 Å². The fraction of sp³-hybridized carbons (Fsp3) is 0.613. The van der Waals surface area contributed by atoms with Crippen LogP contribution in [0.4, 0.5) is 0 Å². The summed E-state index contributed by atoms with van der Waals surface area (Å²) in [4.78, 5) is 28.0. The van der Waals surface area contributed by atoms with Crippen LogP contribution in [0.1, 0.15) is 46.1 Å². The lowest BCUT2D eigenvalue weighted by Gasteiger charge is -2.48. The molecule has 2 N–H and O–H groups in total. The van der Waals surface area contributed by atoms with Crippen LogP contribution in [0.5, 0.6) is 5.75 Å². The minimum Gasteiger partial charge on any atom is -0.490 e. The number of Topliss-reactive ketones (excluding diaryl/α,β-unsaturated/α-hetero) is 1. The number of ketones is 1. The van der Waals surface area contributed by atoms with Gasteiger partial charge in [-0.15, -0.1) is 6.58 Å². The molecule has 4 bridgehead atoms. The Kier molecular flexibility index (Phi) is 4.70. The Bertz CT molecular complexity index is 1240. The highest BCUT2D eigenvalue weighted by molar-refractivity contribution is 6.16. The number of epoxide rings is 1. The number of amides is 1. The molecule has 2 saturated carbocycles. The zero-order valence-electron chi connectivity index (χ0n) is 22.1. The van der Waals surface area contributed by atoms with Crippen molar-refractivity contribution in [1.82, 2.24) is 5.32 Å². The quantitative estimate of drug-likeness (QED) is 0.346. The molecule has 37 heavy (non-hydrogen) atoms. The molecule has 6 heteroatoms. The second-order valence-electron chi connectivity index (χ2n) is 13.2. The van der Waals surface area contributed by atoms with Crippen molar-refractivity contribution in [2.75, 3.05) is 0 Å². The Labute approximate surface area is 218 Å². The van der Waals surface area contributed by atoms with Crippen LogP contribution >= 0.6 is 0 Å². The second-order valence-corrected chi connectivity index (χ2v) is 13.2. The lowest BCUT2D eigenvalue weighted by molar-refractivity contribution is -0.143. The first-order valence-electron chi connectivity index (χ1n) is 13.9. The summed E-state index contributed by atoms with van der Waals surface area (Å²) in [6.45, 7) is 13.4. The zero-order valence-corrected chi connectivity index (χ0v) is 22.1. The molecule has 196 valence electrons. The largest absolute Gasteiger partial charge is 0.490 e. The number of nitrogens with one attached hydrogen (secondary N) is 1. The van der Waals surface area contributed by atoms with E-state index in [-0.39, 0.29) is 47.4 Å². The van der Waals surface area contributed by atoms with Gasteiger partial charge in [0.15, 0.2) is 17.6 Å². The molecule has 1 aromatic carbocycles. The number of ether oxygens (including phenoxy) is 2. The second kappa shape index (κ2) is 7.35. The summed E-state index contributed by atoms with van der Waals surface area (Å²) in [5, 5.41) is 14.2. The molecule has 1 aromatic rings. The van der Waals surface area contributed by atoms with Crippen molar-refractivity contribution < 1.29 is 24.2 Å². The summed E-state index contributed by atoms with van der Waals surface area (Å²) in [7, 11) is 0. The Hall–Kier alpha value is -2.44. The van der Waals surface area contributed by atoms with Crippen LogP contribution in [0.2, 0.25) is 0 Å². The molecular formula is C31H37NO5. The molecule has 0 aromatic heterocycles. The van der Waals surface area contributed by atoms with Gasteiger partial charge in [0.2, 0.25) is 5.60 Å². The number of carbonyl (C=O) groups is 2. The van der Waals surface area contributed by atoms with Crippen molar-refractivity contribution in [3.8, 4) is 5.75 Å². The van der Waals surface area contributed by atoms with Crippen LogP contribution in [0.3, 0.4) is 0 Å². The first-order chi connectivity index (χ1) is 17.5. The van der Waals surface area contributed by atoms with Crippen molar-refractivity contribution in [3.05, 3.63) is 54.1 Å². The average molecular weight is 504 g/mol. The van der Waals surface area contributed by atoms with Crippen LogP contribution in [0.25, 0.3) is 0 Å². The third kappa shape index (κ3) is 2.89. The Morgan fingerprint density at radius 1 is 1.19 bits per heavy atom. The number of aliphatic hydroxyl groups is 1. The van der Waals surface area contributed by atoms with Crippen LogP contribution in [-0.4, -0.2) is 40.3 Å². The highest BCUT2D eigenvalue weighted by atomic mass is 16.6. The topological polar surface area (TPSA) is 88.2 Å². The first kappa shape index (κ1) is 23.7. The summed E-state index contributed by atoms with van der Waals surface area (Å²) in [5.74, 6) is 0.618. The molecule has 12 atom stereocenters. The molecule has 0 spiro atoms. The van der Waals surface area contributed by atoms with E-state index in [9.17, 15) is 14.7 Å². The van der Waals surface area contributed by atoms with Gasteiger partial charge in [-0.05, 0) is 60.6 Å². The molecule has 3 aliphatic carbocycles. The van der Waals surface area contributed by atoms with Crippen molar-refractivity contribution in [3.63, 3.8) is 0 Å². The molecule has 4 fully saturated rings. The van der Waals surface area contributed by atoms with Crippen LogP contribution < -0.4 is 10.1 Å². The number of allylic oxidation sites excluding steroid dienone is 3. The van der Waals surface area contributed by atoms with E-state index in [0.717, 1.165) is 24.2 Å². The SMILES string of the molecule is C=C[C@@H]1C=C(C)[C@@H]2[C@@H]3[C@H](Oc4ccc(cc4)C[C@@]4(O)NC(=O)[C@@]5(O[C@@H]54)C(=O)[C@H]13)[C@@H]1[C@H](C)C[C@@H](C)C[C@]12C. The fourth-order valence-electron chi connectivity index (χ4n) is 9.97. The maximum absolute atomic E-state index is 14.6. The van der Waals surface area contributed by atoms with Gasteiger partial charge in [-0.25, -0.2) is 0 Å². The van der Waals surface area contributed by atoms with Crippen molar-refractivity contribution in [2.45, 2.75) is 70.5 Å². The van der Waals surface area contributed by atoms with Crippen LogP contribution in [-0.2, 0) is 20.7 Å². The van der Waals surface area contributed by atoms with E-state index < -0.39 is 29.3 Å². The monoisotopic (exact) mass is 503 g/mol. The molecule has 1 amide bonds. The molecule has 4 heterocycles. The van der Waals surface area contributed by atoms with Crippen molar-refractivity contribution in [1.29, 1.82) is 0 Å². The molecule has 0 radical (unpaired) electrons. The van der Waals surface area contributed by atoms with Gasteiger partial charge < -0.3 is 19.9 Å². The molecule has 8 rings (SSSR count). The molecule has 2 saturated heterocycles. The summed E-state index contributed by atoms with van der Waals surface area (Å²) in [5.41, 5.74) is -1.16. The predicted octanol–water partition coefficient (Wildman–Crippen LogP) is 3.83. The van der Waals surface area contributed by atoms with Crippen molar-refractivity contribution in [2.24, 2.45) is 46.8 Å². The van der Waals surface area contributed by atoms with E-state index in [2.05, 4.69) is 45.7 Å². The Balaban J connectivity index is 1.46. The minimum atomic E-state index is -1.64. The van der Waals surface area contributed by atoms with E-state index in [1.54, 1.807) is 0 Å². The van der Waals surface area contributed by atoms with Gasteiger partial charge in [0.1, 0.15) is 11.9 Å². The number of rotatable bonds is 1. The maximum atomic E-state index is 14.6. The van der Waals surface area contributed by atoms with Crippen LogP contribution in [0.15, 0.2) is 48.6 Å². The smallest absolute Gasteiger partial charge is 0.265 e. The summed E-state index contributed by atoms with van der Waals surface area (Å²) < 4.78 is 12.9. The summed E-state index contributed by atoms with van der Waals surface area (Å²) >= 11 is 0. The number of hydrogen-bond acceptors (Lipinski definition) is 5. The third-order valence-electron chi connectivity index (χ3n) is 10.9. The average Bonchev–Trinajstić information content (AvgIpc) is 3.50. The number of benzene rings is 1. The number of fused-ring (bicyclic) bond motifs is 4. The third-order valence-corrected chi connectivity index (χ3v) is 10.9. The van der Waals surface area contributed by atoms with Gasteiger partial charge in [0.25, 0.3) is 5.91 Å². The molecule has 6 nitrogen and oxygen atoms in total. The molecular weight excluding hydrogens is 466 g/mol. The van der Waals surface area contributed by atoms with E-state index in [0.29, 0.717) is 11.8 Å². The van der Waals surface area contributed by atoms with Gasteiger partial charge in [-0.1, -0.05) is 50.6 Å². The predicted molar refractivity (Wildman–Crippen MR) is 137 cm³/mol. The Morgan fingerprint density at radius 2 is 1.92 bits per heavy atom. The summed E-state index contributed by atoms with van der Waals surface area (Å²) in [6, 6.07) is 7.80. The van der Waals surface area contributed by atoms with Gasteiger partial charge in [0.05, 0.1) is 0 Å². The zero-order chi connectivity index (χ0) is 26.1. The highest BCUT2D eigenvalue weighted by Crippen LogP contribution is 2.68. The van der Waals surface area contributed by atoms with Gasteiger partial charge in [-0.3, -0.25) is 9.59 Å². The van der Waals surface area contributed by atoms with E-state index in [4.69, 9.17) is 9.47 Å². The fourth-order valence-corrected chi connectivity index (χ4v) is 9.97. The van der Waals surface area contributed by atoms with Crippen LogP contribution in [0, 0.1) is 46.8 Å². The standard InChI is InChI=1S/C31H37NO5/c1-6-19-12-17(4)23-22-21(19)26(33)31-27(37-31)30(35,32-28(31)34)14-18-7-9-20(10-8-18)36-25(22)24-16(3)11-15(2)13-29(23,24)5/h6-10,12,15-16,19,21-25,27,35H,1,11,13-14H2,2-5H3,(H,32,34)/t15-,16-,19-,21-,22-,23-,24+,25+,27-,29+,30+,31-/m1/s1. The lowest BCUT2D eigenvalue weighted by Crippen LogP contribution is -2.51. The maximum Gasteiger partial charge on any atom is 0.265 e. The lowest BCUT2D eigenvalue weighted by atomic mass is 9.55. The van der Waals surface area contributed by atoms with Gasteiger partial charge in [0, 0.05) is 30.1 Å². The van der Waals surface area contributed by atoms with Gasteiger partial charge in [-0.2, -0.15) is 0 Å². The normalized spacial score (nSPS) is 51.3. The molecule has 7 aliphatic rings. The highest BCUT2D eigenvalue weighted by Gasteiger charge is 2.82.